The molecule has 0 amide bonds. The third kappa shape index (κ3) is 5.04. The molecular formula is C16H14Cl4O4S4. The molecule has 0 saturated heterocycles. The van der Waals surface area contributed by atoms with E-state index in [9.17, 15) is 20.4 Å². The average Bonchev–Trinajstić information content (AvgIpc) is 2.69. The summed E-state index contributed by atoms with van der Waals surface area (Å²) in [4.78, 5) is 1.98. The Morgan fingerprint density at radius 2 is 1.00 bits per heavy atom. The average molecular weight is 540 g/mol. The molecule has 2 aromatic rings. The van der Waals surface area contributed by atoms with Gasteiger partial charge in [-0.2, -0.15) is 0 Å². The minimum Gasteiger partial charge on any atom is -0.507 e. The highest BCUT2D eigenvalue weighted by Crippen LogP contribution is 2.54. The summed E-state index contributed by atoms with van der Waals surface area (Å²) < 4.78 is 0. The predicted octanol–water partition coefficient (Wildman–Crippen LogP) is 6.82. The van der Waals surface area contributed by atoms with Gasteiger partial charge < -0.3 is 20.4 Å². The van der Waals surface area contributed by atoms with Crippen molar-refractivity contribution in [2.45, 2.75) is 32.4 Å². The number of aliphatic hydroxyl groups excluding tert-OH is 2. The largest absolute Gasteiger partial charge is 0.507 e. The Morgan fingerprint density at radius 3 is 1.25 bits per heavy atom. The van der Waals surface area contributed by atoms with E-state index in [1.807, 2.05) is 0 Å². The highest BCUT2D eigenvalue weighted by atomic mass is 35.7. The van der Waals surface area contributed by atoms with Crippen molar-refractivity contribution in [3.05, 3.63) is 23.3 Å². The van der Waals surface area contributed by atoms with Crippen LogP contribution in [0.1, 0.15) is 11.1 Å². The number of aromatic hydroxyl groups is 2. The smallest absolute Gasteiger partial charge is 0.125 e. The fourth-order valence-corrected chi connectivity index (χ4v) is 6.88. The molecule has 28 heavy (non-hydrogen) atoms. The lowest BCUT2D eigenvalue weighted by molar-refractivity contribution is 0.297. The molecule has 0 unspecified atom stereocenters. The van der Waals surface area contributed by atoms with Gasteiger partial charge in [-0.25, -0.2) is 0 Å². The van der Waals surface area contributed by atoms with Crippen molar-refractivity contribution in [2.75, 3.05) is 13.2 Å². The van der Waals surface area contributed by atoms with Crippen molar-refractivity contribution in [1.82, 2.24) is 0 Å². The molecule has 0 spiro atoms. The lowest BCUT2D eigenvalue weighted by Gasteiger charge is -2.21. The summed E-state index contributed by atoms with van der Waals surface area (Å²) in [5.41, 5.74) is 1.81. The van der Waals surface area contributed by atoms with Crippen LogP contribution in [-0.4, -0.2) is 33.6 Å². The van der Waals surface area contributed by atoms with E-state index in [2.05, 4.69) is 0 Å². The third-order valence-electron chi connectivity index (χ3n) is 3.94. The number of aliphatic hydroxyl groups is 2. The first-order chi connectivity index (χ1) is 13.5. The molecule has 2 rings (SSSR count). The maximum Gasteiger partial charge on any atom is 0.125 e. The minimum absolute atomic E-state index is 0.153. The van der Waals surface area contributed by atoms with E-state index in [-0.39, 0.29) is 48.7 Å². The number of phenols is 2. The van der Waals surface area contributed by atoms with Crippen molar-refractivity contribution in [2.24, 2.45) is 0 Å². The Morgan fingerprint density at radius 1 is 0.643 bits per heavy atom. The van der Waals surface area contributed by atoms with E-state index in [0.29, 0.717) is 30.7 Å². The summed E-state index contributed by atoms with van der Waals surface area (Å²) >= 11 is 0. The summed E-state index contributed by atoms with van der Waals surface area (Å²) in [7, 11) is 27.5. The van der Waals surface area contributed by atoms with Crippen molar-refractivity contribution < 1.29 is 20.4 Å². The van der Waals surface area contributed by atoms with E-state index in [0.717, 1.165) is 43.9 Å². The van der Waals surface area contributed by atoms with Gasteiger partial charge in [-0.3, -0.25) is 0 Å². The fraction of sp³-hybridized carbons (Fsp3) is 0.250. The Balaban J connectivity index is 2.94. The second-order valence-corrected chi connectivity index (χ2v) is 9.57. The van der Waals surface area contributed by atoms with Crippen molar-refractivity contribution >= 4 is 86.6 Å². The molecule has 4 N–H and O–H groups in total. The van der Waals surface area contributed by atoms with Crippen LogP contribution in [0.15, 0.2) is 31.7 Å². The van der Waals surface area contributed by atoms with Gasteiger partial charge in [0.25, 0.3) is 0 Å². The standard InChI is InChI=1S/C16H14Cl4O4S4/c17-25-11-5-9(23)13(15(27-19)7(11)1-3-21)14-10(24)6-12(26-18)8(2-4-22)16(14)28-20/h5-6,21-24H,1-4H2. The molecule has 2 aromatic carbocycles. The topological polar surface area (TPSA) is 80.9 Å². The van der Waals surface area contributed by atoms with Crippen LogP contribution in [0.5, 0.6) is 11.5 Å². The van der Waals surface area contributed by atoms with Gasteiger partial charge >= 0.3 is 0 Å². The molecule has 12 heteroatoms. The van der Waals surface area contributed by atoms with E-state index < -0.39 is 0 Å². The van der Waals surface area contributed by atoms with Gasteiger partial charge in [-0.15, -0.1) is 0 Å². The second kappa shape index (κ2) is 11.8. The summed E-state index contributed by atoms with van der Waals surface area (Å²) in [5.74, 6) is -0.312. The Kier molecular flexibility index (Phi) is 10.4. The molecule has 0 fully saturated rings. The highest BCUT2D eigenvalue weighted by Gasteiger charge is 2.27. The Labute approximate surface area is 197 Å². The molecule has 0 aromatic heterocycles. The lowest BCUT2D eigenvalue weighted by Crippen LogP contribution is -2.01. The molecule has 0 aliphatic rings. The molecule has 0 aliphatic heterocycles. The molecule has 0 heterocycles. The van der Waals surface area contributed by atoms with Gasteiger partial charge in [0.05, 0.1) is 0 Å². The van der Waals surface area contributed by atoms with E-state index in [1.165, 1.54) is 12.1 Å². The molecule has 4 nitrogen and oxygen atoms in total. The zero-order chi connectivity index (χ0) is 20.8. The van der Waals surface area contributed by atoms with Crippen LogP contribution in [0.25, 0.3) is 11.1 Å². The summed E-state index contributed by atoms with van der Waals surface area (Å²) in [5, 5.41) is 40.3. The Bertz CT molecular complexity index is 785. The van der Waals surface area contributed by atoms with Crippen molar-refractivity contribution in [3.8, 4) is 22.6 Å². The van der Waals surface area contributed by atoms with Crippen LogP contribution in [0.2, 0.25) is 0 Å². The number of rotatable bonds is 9. The van der Waals surface area contributed by atoms with Crippen LogP contribution < -0.4 is 0 Å². The number of hydrogen-bond donors (Lipinski definition) is 4. The van der Waals surface area contributed by atoms with Crippen LogP contribution in [-0.2, 0) is 12.8 Å². The number of halogens is 4. The van der Waals surface area contributed by atoms with Gasteiger partial charge in [-0.1, -0.05) is 0 Å². The molecule has 0 atom stereocenters. The van der Waals surface area contributed by atoms with Gasteiger partial charge in [0, 0.05) is 43.9 Å². The molecule has 154 valence electrons. The summed E-state index contributed by atoms with van der Waals surface area (Å²) in [6.07, 6.45) is 0.501. The molecule has 0 saturated carbocycles. The molecule has 0 bridgehead atoms. The van der Waals surface area contributed by atoms with Gasteiger partial charge in [-0.05, 0) is 123 Å². The van der Waals surface area contributed by atoms with Crippen molar-refractivity contribution in [3.63, 3.8) is 0 Å². The quantitative estimate of drug-likeness (QED) is 0.276. The van der Waals surface area contributed by atoms with Crippen LogP contribution in [0, 0.1) is 0 Å². The first-order valence-electron chi connectivity index (χ1n) is 7.63. The minimum atomic E-state index is -0.156. The zero-order valence-electron chi connectivity index (χ0n) is 13.9. The maximum atomic E-state index is 10.7. The van der Waals surface area contributed by atoms with Gasteiger partial charge in [0.15, 0.2) is 0 Å². The predicted molar refractivity (Wildman–Crippen MR) is 124 cm³/mol. The number of phenolic OH excluding ortho intramolecular Hbond substituents is 2. The number of benzene rings is 2. The normalized spacial score (nSPS) is 11.2. The molecular weight excluding hydrogens is 526 g/mol. The van der Waals surface area contributed by atoms with Crippen LogP contribution in [0.4, 0.5) is 0 Å². The van der Waals surface area contributed by atoms with E-state index >= 15 is 0 Å². The monoisotopic (exact) mass is 538 g/mol. The second-order valence-electron chi connectivity index (χ2n) is 5.41. The first kappa shape index (κ1) is 24.8. The van der Waals surface area contributed by atoms with Crippen LogP contribution in [0.3, 0.4) is 0 Å². The van der Waals surface area contributed by atoms with E-state index in [4.69, 9.17) is 42.7 Å². The van der Waals surface area contributed by atoms with Crippen LogP contribution >= 0.6 is 86.6 Å². The SMILES string of the molecule is OCCc1c(SCl)cc(O)c(-c2c(O)cc(SCl)c(CCO)c2SCl)c1SCl. The third-order valence-corrected chi connectivity index (χ3v) is 8.13. The summed E-state index contributed by atoms with van der Waals surface area (Å²) in [6, 6.07) is 2.90. The number of hydrogen-bond acceptors (Lipinski definition) is 8. The maximum absolute atomic E-state index is 10.7. The van der Waals surface area contributed by atoms with E-state index in [1.54, 1.807) is 0 Å². The fourth-order valence-electron chi connectivity index (χ4n) is 2.81. The first-order valence-corrected chi connectivity index (χ1v) is 14.2. The van der Waals surface area contributed by atoms with Crippen molar-refractivity contribution in [1.29, 1.82) is 0 Å². The Hall–Kier alpha value is 0.520. The van der Waals surface area contributed by atoms with Gasteiger partial charge in [0.1, 0.15) is 11.5 Å². The molecule has 0 radical (unpaired) electrons. The lowest BCUT2D eigenvalue weighted by atomic mass is 9.96. The van der Waals surface area contributed by atoms with Gasteiger partial charge in [0.2, 0.25) is 0 Å². The highest BCUT2D eigenvalue weighted by molar-refractivity contribution is 8.22. The molecule has 0 aliphatic carbocycles. The zero-order valence-corrected chi connectivity index (χ0v) is 20.2. The summed E-state index contributed by atoms with van der Waals surface area (Å²) in [6.45, 7) is -0.306.